The van der Waals surface area contributed by atoms with Gasteiger partial charge in [0, 0.05) is 0 Å². The van der Waals surface area contributed by atoms with Crippen LogP contribution < -0.4 is 0 Å². The number of hydrogen-bond acceptors (Lipinski definition) is 1. The van der Waals surface area contributed by atoms with Crippen LogP contribution in [0.25, 0.3) is 0 Å². The Morgan fingerprint density at radius 3 is 1.63 bits per heavy atom. The molecule has 0 unspecified atom stereocenters. The first-order chi connectivity index (χ1) is 14.0. The molecule has 0 aliphatic carbocycles. The molecule has 0 amide bonds. The van der Waals surface area contributed by atoms with Crippen LogP contribution in [-0.4, -0.2) is 5.11 Å². The van der Waals surface area contributed by atoms with Gasteiger partial charge in [0.15, 0.2) is 0 Å². The largest absolute Gasteiger partial charge is 0.508 e. The molecule has 0 fully saturated rings. The second kappa shape index (κ2) is 12.4. The minimum Gasteiger partial charge on any atom is -0.508 e. The first kappa shape index (κ1) is 25.8. The van der Waals surface area contributed by atoms with Gasteiger partial charge in [-0.1, -0.05) is 81.3 Å². The van der Waals surface area contributed by atoms with Gasteiger partial charge >= 0.3 is 0 Å². The van der Waals surface area contributed by atoms with Crippen molar-refractivity contribution in [1.29, 1.82) is 0 Å². The third-order valence-electron chi connectivity index (χ3n) is 5.27. The van der Waals surface area contributed by atoms with Gasteiger partial charge < -0.3 is 5.11 Å². The minimum atomic E-state index is 0.400. The zero-order chi connectivity index (χ0) is 22.8. The van der Waals surface area contributed by atoms with Gasteiger partial charge in [-0.05, 0) is 93.2 Å². The summed E-state index contributed by atoms with van der Waals surface area (Å²) in [5, 5.41) is 9.70. The van der Waals surface area contributed by atoms with E-state index in [1.165, 1.54) is 33.4 Å². The molecule has 1 N–H and O–H groups in total. The molecule has 0 aromatic heterocycles. The van der Waals surface area contributed by atoms with E-state index < -0.39 is 0 Å². The molecule has 0 heterocycles. The average Bonchev–Trinajstić information content (AvgIpc) is 2.66. The van der Waals surface area contributed by atoms with Crippen molar-refractivity contribution in [2.24, 2.45) is 0 Å². The van der Waals surface area contributed by atoms with Crippen LogP contribution in [0, 0.1) is 6.92 Å². The van der Waals surface area contributed by atoms with Crippen LogP contribution in [0.4, 0.5) is 0 Å². The van der Waals surface area contributed by atoms with Crippen LogP contribution in [0.15, 0.2) is 59.7 Å². The Balaban J connectivity index is 0.000000300. The molecule has 1 nitrogen and oxygen atoms in total. The smallest absolute Gasteiger partial charge is 0.119 e. The number of allylic oxidation sites excluding steroid dienone is 4. The monoisotopic (exact) mass is 406 g/mol. The molecule has 0 spiro atoms. The Bertz CT molecular complexity index is 784. The number of phenolic OH excluding ortho intramolecular Hbond substituents is 1. The van der Waals surface area contributed by atoms with Crippen molar-refractivity contribution in [2.45, 2.75) is 87.0 Å². The van der Waals surface area contributed by atoms with Crippen molar-refractivity contribution in [3.05, 3.63) is 87.5 Å². The van der Waals surface area contributed by atoms with E-state index >= 15 is 0 Å². The lowest BCUT2D eigenvalue weighted by atomic mass is 9.96. The molecule has 30 heavy (non-hydrogen) atoms. The van der Waals surface area contributed by atoms with Crippen molar-refractivity contribution in [3.63, 3.8) is 0 Å². The van der Waals surface area contributed by atoms with Gasteiger partial charge in [-0.2, -0.15) is 0 Å². The first-order valence-corrected chi connectivity index (χ1v) is 11.2. The maximum Gasteiger partial charge on any atom is 0.119 e. The molecule has 0 saturated carbocycles. The third kappa shape index (κ3) is 9.03. The minimum absolute atomic E-state index is 0.400. The fourth-order valence-electron chi connectivity index (χ4n) is 3.03. The molecule has 2 aromatic rings. The molecule has 0 aliphatic heterocycles. The Morgan fingerprint density at radius 1 is 0.733 bits per heavy atom. The summed E-state index contributed by atoms with van der Waals surface area (Å²) >= 11 is 0. The summed E-state index contributed by atoms with van der Waals surface area (Å²) in [6.45, 7) is 19.5. The number of phenols is 1. The summed E-state index contributed by atoms with van der Waals surface area (Å²) in [7, 11) is 0. The quantitative estimate of drug-likeness (QED) is 0.476. The van der Waals surface area contributed by atoms with Crippen LogP contribution in [0.2, 0.25) is 0 Å². The summed E-state index contributed by atoms with van der Waals surface area (Å²) in [6, 6.07) is 12.7. The number of aryl methyl sites for hydroxylation is 1. The van der Waals surface area contributed by atoms with E-state index in [4.69, 9.17) is 0 Å². The van der Waals surface area contributed by atoms with Crippen molar-refractivity contribution >= 4 is 0 Å². The molecule has 2 aromatic carbocycles. The Morgan fingerprint density at radius 2 is 1.17 bits per heavy atom. The van der Waals surface area contributed by atoms with E-state index in [0.717, 1.165) is 18.4 Å². The van der Waals surface area contributed by atoms with Crippen molar-refractivity contribution in [2.75, 3.05) is 0 Å². The Labute approximate surface area is 185 Å². The van der Waals surface area contributed by atoms with Crippen molar-refractivity contribution in [3.8, 4) is 5.75 Å². The highest BCUT2D eigenvalue weighted by atomic mass is 16.3. The van der Waals surface area contributed by atoms with Crippen molar-refractivity contribution < 1.29 is 5.11 Å². The molecule has 0 aliphatic rings. The number of hydrogen-bond donors (Lipinski definition) is 1. The van der Waals surface area contributed by atoms with E-state index in [-0.39, 0.29) is 0 Å². The van der Waals surface area contributed by atoms with E-state index in [1.54, 1.807) is 6.07 Å². The predicted molar refractivity (Wildman–Crippen MR) is 134 cm³/mol. The van der Waals surface area contributed by atoms with Gasteiger partial charge in [0.05, 0.1) is 0 Å². The Hall–Kier alpha value is -2.28. The van der Waals surface area contributed by atoms with Gasteiger partial charge in [0.1, 0.15) is 5.75 Å². The molecule has 0 saturated heterocycles. The molecule has 164 valence electrons. The summed E-state index contributed by atoms with van der Waals surface area (Å²) < 4.78 is 0. The fourth-order valence-corrected chi connectivity index (χ4v) is 3.03. The van der Waals surface area contributed by atoms with Gasteiger partial charge in [-0.25, -0.2) is 0 Å². The summed E-state index contributed by atoms with van der Waals surface area (Å²) in [6.07, 6.45) is 6.31. The maximum atomic E-state index is 9.70. The van der Waals surface area contributed by atoms with Gasteiger partial charge in [-0.15, -0.1) is 0 Å². The van der Waals surface area contributed by atoms with Gasteiger partial charge in [-0.3, -0.25) is 0 Å². The number of aromatic hydroxyl groups is 1. The molecule has 0 radical (unpaired) electrons. The molecule has 2 rings (SSSR count). The van der Waals surface area contributed by atoms with Crippen LogP contribution in [0.1, 0.15) is 95.0 Å². The van der Waals surface area contributed by atoms with Gasteiger partial charge in [0.2, 0.25) is 0 Å². The summed E-state index contributed by atoms with van der Waals surface area (Å²) in [5.74, 6) is 1.53. The fraction of sp³-hybridized carbons (Fsp3) is 0.448. The molecular weight excluding hydrogens is 364 g/mol. The second-order valence-electron chi connectivity index (χ2n) is 9.35. The van der Waals surface area contributed by atoms with Crippen LogP contribution in [0.5, 0.6) is 5.75 Å². The first-order valence-electron chi connectivity index (χ1n) is 11.2. The zero-order valence-electron chi connectivity index (χ0n) is 20.6. The highest BCUT2D eigenvalue weighted by Crippen LogP contribution is 2.24. The number of benzene rings is 2. The summed E-state index contributed by atoms with van der Waals surface area (Å²) in [5.41, 5.74) is 9.28. The number of rotatable bonds is 6. The Kier molecular flexibility index (Phi) is 10.7. The van der Waals surface area contributed by atoms with E-state index in [0.29, 0.717) is 17.6 Å². The third-order valence-corrected chi connectivity index (χ3v) is 5.27. The topological polar surface area (TPSA) is 20.2 Å². The highest BCUT2D eigenvalue weighted by molar-refractivity contribution is 5.38. The highest BCUT2D eigenvalue weighted by Gasteiger charge is 2.04. The van der Waals surface area contributed by atoms with Gasteiger partial charge in [0.25, 0.3) is 0 Å². The van der Waals surface area contributed by atoms with E-state index in [2.05, 4.69) is 98.7 Å². The maximum absolute atomic E-state index is 9.70. The predicted octanol–water partition coefficient (Wildman–Crippen LogP) is 8.65. The standard InChI is InChI=1S/C15H22.C14H20O/c1-11(2)6-8-15-10-14(12(3)4)9-7-13(15)5;1-10(2)5-6-13-9-12(11(3)4)7-8-14(13)15/h6-7,9-10,12H,8H2,1-5H3;5,7-9,11,15H,6H2,1-4H3. The molecule has 1 heteroatoms. The zero-order valence-corrected chi connectivity index (χ0v) is 20.6. The van der Waals surface area contributed by atoms with E-state index in [9.17, 15) is 5.11 Å². The van der Waals surface area contributed by atoms with E-state index in [1.807, 2.05) is 6.07 Å². The second-order valence-corrected chi connectivity index (χ2v) is 9.35. The SMILES string of the molecule is CC(C)=CCc1cc(C(C)C)ccc1C.CC(C)=CCc1cc(C(C)C)ccc1O. The van der Waals surface area contributed by atoms with Crippen LogP contribution in [0.3, 0.4) is 0 Å². The lowest BCUT2D eigenvalue weighted by molar-refractivity contribution is 0.469. The van der Waals surface area contributed by atoms with Crippen molar-refractivity contribution in [1.82, 2.24) is 0 Å². The lowest BCUT2D eigenvalue weighted by Gasteiger charge is -2.10. The normalized spacial score (nSPS) is 10.5. The van der Waals surface area contributed by atoms with Crippen LogP contribution >= 0.6 is 0 Å². The molecular formula is C29H42O. The molecule has 0 atom stereocenters. The van der Waals surface area contributed by atoms with Crippen LogP contribution in [-0.2, 0) is 12.8 Å². The summed E-state index contributed by atoms with van der Waals surface area (Å²) in [4.78, 5) is 0. The molecule has 0 bridgehead atoms. The average molecular weight is 407 g/mol. The lowest BCUT2D eigenvalue weighted by Crippen LogP contribution is -1.93.